The molecule has 0 bridgehead atoms. The molecule has 2 aliphatic heterocycles. The first-order chi connectivity index (χ1) is 12.3. The van der Waals surface area contributed by atoms with Crippen LogP contribution in [0.5, 0.6) is 0 Å². The Bertz CT molecular complexity index is 1040. The zero-order chi connectivity index (χ0) is 18.5. The normalized spacial score (nSPS) is 17.3. The average Bonchev–Trinajstić information content (AvgIpc) is 2.88. The molecule has 26 heavy (non-hydrogen) atoms. The first kappa shape index (κ1) is 17.1. The lowest BCUT2D eigenvalue weighted by Gasteiger charge is -2.22. The van der Waals surface area contributed by atoms with E-state index in [1.165, 1.54) is 11.8 Å². The van der Waals surface area contributed by atoms with E-state index >= 15 is 0 Å². The molecule has 2 heterocycles. The van der Waals surface area contributed by atoms with Crippen molar-refractivity contribution in [3.8, 4) is 0 Å². The molecule has 0 fully saturated rings. The number of benzene rings is 2. The quantitative estimate of drug-likeness (QED) is 0.856. The minimum atomic E-state index is -3.38. The first-order valence-corrected chi connectivity index (χ1v) is 10.5. The molecular weight excluding hydrogens is 370 g/mol. The van der Waals surface area contributed by atoms with Crippen LogP contribution in [0, 0.1) is 13.8 Å². The summed E-state index contributed by atoms with van der Waals surface area (Å²) in [6.45, 7) is 4.36. The summed E-state index contributed by atoms with van der Waals surface area (Å²) in [6.07, 6.45) is 0. The van der Waals surface area contributed by atoms with Crippen molar-refractivity contribution < 1.29 is 13.2 Å². The van der Waals surface area contributed by atoms with Crippen LogP contribution in [-0.2, 0) is 10.0 Å². The summed E-state index contributed by atoms with van der Waals surface area (Å²) in [5, 5.41) is 3.38. The van der Waals surface area contributed by atoms with Gasteiger partial charge in [-0.25, -0.2) is 8.42 Å². The van der Waals surface area contributed by atoms with Gasteiger partial charge in [-0.1, -0.05) is 6.07 Å². The lowest BCUT2D eigenvalue weighted by atomic mass is 10.1. The van der Waals surface area contributed by atoms with Crippen LogP contribution in [0.15, 0.2) is 45.7 Å². The van der Waals surface area contributed by atoms with Gasteiger partial charge in [0.05, 0.1) is 11.4 Å². The molecule has 6 nitrogen and oxygen atoms in total. The maximum Gasteiger partial charge on any atom is 0.257 e. The van der Waals surface area contributed by atoms with E-state index in [0.717, 1.165) is 27.4 Å². The molecule has 1 amide bonds. The zero-order valence-electron chi connectivity index (χ0n) is 14.3. The van der Waals surface area contributed by atoms with Gasteiger partial charge in [0.25, 0.3) is 15.9 Å². The number of fused-ring (bicyclic) bond motifs is 3. The second kappa shape index (κ2) is 6.14. The molecule has 0 saturated carbocycles. The third-order valence-corrected chi connectivity index (χ3v) is 6.52. The van der Waals surface area contributed by atoms with Crippen molar-refractivity contribution in [3.05, 3.63) is 53.1 Å². The van der Waals surface area contributed by atoms with E-state index in [1.54, 1.807) is 12.1 Å². The van der Waals surface area contributed by atoms with Crippen molar-refractivity contribution in [2.45, 2.75) is 18.7 Å². The second-order valence-corrected chi connectivity index (χ2v) is 9.19. The third-order valence-electron chi connectivity index (χ3n) is 4.21. The number of hydrogen-bond acceptors (Lipinski definition) is 5. The van der Waals surface area contributed by atoms with Crippen LogP contribution in [0.1, 0.15) is 21.5 Å². The molecule has 134 valence electrons. The molecule has 0 unspecified atom stereocenters. The fourth-order valence-electron chi connectivity index (χ4n) is 3.12. The molecule has 0 aliphatic carbocycles. The molecule has 0 saturated heterocycles. The Morgan fingerprint density at radius 3 is 2.62 bits per heavy atom. The van der Waals surface area contributed by atoms with Crippen molar-refractivity contribution >= 4 is 44.2 Å². The van der Waals surface area contributed by atoms with Crippen molar-refractivity contribution in [1.82, 2.24) is 0 Å². The highest BCUT2D eigenvalue weighted by Gasteiger charge is 2.33. The highest BCUT2D eigenvalue weighted by molar-refractivity contribution is 8.15. The summed E-state index contributed by atoms with van der Waals surface area (Å²) in [7, 11) is -3.38. The van der Waals surface area contributed by atoms with Gasteiger partial charge in [-0.3, -0.25) is 4.79 Å². The Morgan fingerprint density at radius 1 is 1.15 bits per heavy atom. The zero-order valence-corrected chi connectivity index (χ0v) is 15.9. The van der Waals surface area contributed by atoms with Crippen LogP contribution in [0.25, 0.3) is 0 Å². The number of rotatable bonds is 2. The maximum absolute atomic E-state index is 12.6. The standard InChI is InChI=1S/C18H17N3O3S2/c1-11-7-12(2)9-14(8-11)19-17(22)13-3-4-15-16(10-13)25-18-20-26(23,24)6-5-21(15)18/h3-4,7-10H,5-6H2,1-2H3,(H,19,22). The molecule has 0 aromatic heterocycles. The smallest absolute Gasteiger partial charge is 0.257 e. The van der Waals surface area contributed by atoms with Gasteiger partial charge >= 0.3 is 0 Å². The van der Waals surface area contributed by atoms with E-state index in [9.17, 15) is 13.2 Å². The molecule has 0 spiro atoms. The largest absolute Gasteiger partial charge is 0.322 e. The van der Waals surface area contributed by atoms with Gasteiger partial charge < -0.3 is 10.2 Å². The fourth-order valence-corrected chi connectivity index (χ4v) is 5.42. The number of amides is 1. The number of hydrogen-bond donors (Lipinski definition) is 1. The van der Waals surface area contributed by atoms with Gasteiger partial charge in [0.1, 0.15) is 0 Å². The topological polar surface area (TPSA) is 78.8 Å². The van der Waals surface area contributed by atoms with E-state index in [1.807, 2.05) is 43.0 Å². The van der Waals surface area contributed by atoms with E-state index in [0.29, 0.717) is 17.3 Å². The first-order valence-electron chi connectivity index (χ1n) is 8.12. The molecule has 8 heteroatoms. The third kappa shape index (κ3) is 3.22. The lowest BCUT2D eigenvalue weighted by Crippen LogP contribution is -2.35. The number of amidine groups is 1. The second-order valence-electron chi connectivity index (χ2n) is 6.43. The Labute approximate surface area is 156 Å². The van der Waals surface area contributed by atoms with Gasteiger partial charge in [-0.2, -0.15) is 0 Å². The number of nitrogens with one attached hydrogen (secondary N) is 1. The summed E-state index contributed by atoms with van der Waals surface area (Å²) in [6, 6.07) is 11.3. The molecule has 0 atom stereocenters. The number of aryl methyl sites for hydroxylation is 2. The minimum absolute atomic E-state index is 0.00540. The molecule has 4 rings (SSSR count). The van der Waals surface area contributed by atoms with Crippen molar-refractivity contribution in [1.29, 1.82) is 0 Å². The lowest BCUT2D eigenvalue weighted by molar-refractivity contribution is 0.102. The number of carbonyl (C=O) groups excluding carboxylic acids is 1. The number of sulfonamides is 1. The Balaban J connectivity index is 1.60. The van der Waals surface area contributed by atoms with E-state index in [2.05, 4.69) is 9.71 Å². The van der Waals surface area contributed by atoms with Crippen molar-refractivity contribution in [3.63, 3.8) is 0 Å². The van der Waals surface area contributed by atoms with Crippen LogP contribution >= 0.6 is 11.8 Å². The Hall–Kier alpha value is -2.32. The summed E-state index contributed by atoms with van der Waals surface area (Å²) in [5.41, 5.74) is 4.35. The average molecular weight is 387 g/mol. The summed E-state index contributed by atoms with van der Waals surface area (Å²) < 4.78 is 27.2. The molecule has 2 aliphatic rings. The number of carbonyl (C=O) groups is 1. The SMILES string of the molecule is Cc1cc(C)cc(NC(=O)c2ccc3c(c2)SC2=NS(=O)(=O)CCN23)c1. The van der Waals surface area contributed by atoms with Gasteiger partial charge in [0.15, 0.2) is 5.17 Å². The minimum Gasteiger partial charge on any atom is -0.322 e. The predicted octanol–water partition coefficient (Wildman–Crippen LogP) is 3.17. The summed E-state index contributed by atoms with van der Waals surface area (Å²) >= 11 is 1.28. The molecule has 1 N–H and O–H groups in total. The highest BCUT2D eigenvalue weighted by Crippen LogP contribution is 2.42. The van der Waals surface area contributed by atoms with E-state index in [-0.39, 0.29) is 11.7 Å². The van der Waals surface area contributed by atoms with Gasteiger partial charge in [-0.15, -0.1) is 4.40 Å². The monoisotopic (exact) mass is 387 g/mol. The Kier molecular flexibility index (Phi) is 4.04. The fraction of sp³-hybridized carbons (Fsp3) is 0.222. The molecule has 2 aromatic carbocycles. The number of anilines is 2. The van der Waals surface area contributed by atoms with Crippen LogP contribution in [0.2, 0.25) is 0 Å². The molecule has 0 radical (unpaired) electrons. The van der Waals surface area contributed by atoms with Gasteiger partial charge in [-0.05, 0) is 67.1 Å². The molecule has 2 aromatic rings. The Morgan fingerprint density at radius 2 is 1.88 bits per heavy atom. The molecular formula is C18H17N3O3S2. The van der Waals surface area contributed by atoms with Gasteiger partial charge in [0.2, 0.25) is 0 Å². The van der Waals surface area contributed by atoms with Crippen LogP contribution in [0.3, 0.4) is 0 Å². The van der Waals surface area contributed by atoms with Gasteiger partial charge in [0, 0.05) is 22.7 Å². The number of thioether (sulfide) groups is 1. The number of nitrogens with zero attached hydrogens (tertiary/aromatic N) is 2. The summed E-state index contributed by atoms with van der Waals surface area (Å²) in [4.78, 5) is 15.3. The van der Waals surface area contributed by atoms with E-state index in [4.69, 9.17) is 0 Å². The maximum atomic E-state index is 12.6. The predicted molar refractivity (Wildman–Crippen MR) is 105 cm³/mol. The highest BCUT2D eigenvalue weighted by atomic mass is 32.2. The van der Waals surface area contributed by atoms with Crippen molar-refractivity contribution in [2.75, 3.05) is 22.5 Å². The van der Waals surface area contributed by atoms with Crippen LogP contribution < -0.4 is 10.2 Å². The van der Waals surface area contributed by atoms with Crippen LogP contribution in [0.4, 0.5) is 11.4 Å². The summed E-state index contributed by atoms with van der Waals surface area (Å²) in [5.74, 6) is -0.191. The van der Waals surface area contributed by atoms with E-state index < -0.39 is 10.0 Å². The van der Waals surface area contributed by atoms with Crippen molar-refractivity contribution in [2.24, 2.45) is 4.40 Å². The van der Waals surface area contributed by atoms with Crippen LogP contribution in [-0.4, -0.2) is 31.8 Å².